The van der Waals surface area contributed by atoms with Crippen LogP contribution in [0.3, 0.4) is 0 Å². The fraction of sp³-hybridized carbons (Fsp3) is 0.0476. The van der Waals surface area contributed by atoms with Crippen molar-refractivity contribution in [1.29, 1.82) is 5.26 Å². The molecule has 0 bridgehead atoms. The van der Waals surface area contributed by atoms with E-state index in [4.69, 9.17) is 14.7 Å². The number of hydrogen-bond acceptors (Lipinski definition) is 4. The standard InChI is InChI=1S/C21H15NO3/c22-14-16-10-12-17(13-11-16)21(23)24-15-18-6-4-5-9-20(18)25-19-7-2-1-3-8-19/h1-13H,15H2. The van der Waals surface area contributed by atoms with Gasteiger partial charge in [0.15, 0.2) is 0 Å². The first-order valence-corrected chi connectivity index (χ1v) is 7.74. The van der Waals surface area contributed by atoms with Crippen molar-refractivity contribution >= 4 is 5.97 Å². The lowest BCUT2D eigenvalue weighted by Gasteiger charge is -2.11. The van der Waals surface area contributed by atoms with Gasteiger partial charge >= 0.3 is 5.97 Å². The summed E-state index contributed by atoms with van der Waals surface area (Å²) in [5.74, 6) is 0.911. The molecule has 4 heteroatoms. The molecule has 0 N–H and O–H groups in total. The predicted octanol–water partition coefficient (Wildman–Crippen LogP) is 4.71. The fourth-order valence-corrected chi connectivity index (χ4v) is 2.25. The second kappa shape index (κ2) is 7.80. The number of benzene rings is 3. The summed E-state index contributed by atoms with van der Waals surface area (Å²) in [5, 5.41) is 8.79. The smallest absolute Gasteiger partial charge is 0.338 e. The van der Waals surface area contributed by atoms with Crippen molar-refractivity contribution in [3.63, 3.8) is 0 Å². The number of nitriles is 1. The van der Waals surface area contributed by atoms with Crippen molar-refractivity contribution in [2.75, 3.05) is 0 Å². The van der Waals surface area contributed by atoms with Crippen LogP contribution in [0, 0.1) is 11.3 Å². The van der Waals surface area contributed by atoms with Gasteiger partial charge in [-0.1, -0.05) is 36.4 Å². The quantitative estimate of drug-likeness (QED) is 0.636. The van der Waals surface area contributed by atoms with E-state index in [0.717, 1.165) is 5.56 Å². The Morgan fingerprint density at radius 2 is 1.56 bits per heavy atom. The number of esters is 1. The Balaban J connectivity index is 1.68. The second-order valence-electron chi connectivity index (χ2n) is 5.29. The Bertz CT molecular complexity index is 896. The van der Waals surface area contributed by atoms with Gasteiger partial charge in [-0.05, 0) is 42.5 Å². The lowest BCUT2D eigenvalue weighted by Crippen LogP contribution is -2.06. The predicted molar refractivity (Wildman–Crippen MR) is 93.2 cm³/mol. The van der Waals surface area contributed by atoms with Crippen LogP contribution in [0.4, 0.5) is 0 Å². The molecule has 3 aromatic carbocycles. The third kappa shape index (κ3) is 4.24. The van der Waals surface area contributed by atoms with Crippen LogP contribution >= 0.6 is 0 Å². The van der Waals surface area contributed by atoms with Gasteiger partial charge in [0.1, 0.15) is 18.1 Å². The molecule has 3 aromatic rings. The Morgan fingerprint density at radius 3 is 2.28 bits per heavy atom. The molecule has 0 aliphatic rings. The number of para-hydroxylation sites is 2. The minimum Gasteiger partial charge on any atom is -0.457 e. The van der Waals surface area contributed by atoms with E-state index in [-0.39, 0.29) is 6.61 Å². The highest BCUT2D eigenvalue weighted by atomic mass is 16.5. The lowest BCUT2D eigenvalue weighted by molar-refractivity contribution is 0.0471. The van der Waals surface area contributed by atoms with Gasteiger partial charge in [-0.2, -0.15) is 5.26 Å². The Kier molecular flexibility index (Phi) is 5.08. The van der Waals surface area contributed by atoms with Crippen LogP contribution in [0.5, 0.6) is 11.5 Å². The second-order valence-corrected chi connectivity index (χ2v) is 5.29. The number of nitrogens with zero attached hydrogens (tertiary/aromatic N) is 1. The molecule has 0 heterocycles. The molecule has 0 atom stereocenters. The first-order chi connectivity index (χ1) is 12.3. The summed E-state index contributed by atoms with van der Waals surface area (Å²) in [4.78, 5) is 12.1. The minimum absolute atomic E-state index is 0.0990. The van der Waals surface area contributed by atoms with Gasteiger partial charge in [-0.3, -0.25) is 0 Å². The normalized spacial score (nSPS) is 9.88. The highest BCUT2D eigenvalue weighted by molar-refractivity contribution is 5.89. The summed E-state index contributed by atoms with van der Waals surface area (Å²) in [6, 6.07) is 25.2. The third-order valence-corrected chi connectivity index (χ3v) is 3.55. The number of rotatable bonds is 5. The van der Waals surface area contributed by atoms with Crippen LogP contribution in [0.25, 0.3) is 0 Å². The Morgan fingerprint density at radius 1 is 0.880 bits per heavy atom. The van der Waals surface area contributed by atoms with Gasteiger partial charge in [0, 0.05) is 5.56 Å². The van der Waals surface area contributed by atoms with Gasteiger partial charge in [0.2, 0.25) is 0 Å². The summed E-state index contributed by atoms with van der Waals surface area (Å²) in [6.45, 7) is 0.0990. The van der Waals surface area contributed by atoms with Crippen LogP contribution in [-0.2, 0) is 11.3 Å². The number of hydrogen-bond donors (Lipinski definition) is 0. The first kappa shape index (κ1) is 16.3. The molecule has 0 aliphatic carbocycles. The van der Waals surface area contributed by atoms with Crippen molar-refractivity contribution in [3.05, 3.63) is 95.6 Å². The third-order valence-electron chi connectivity index (χ3n) is 3.55. The molecule has 0 aliphatic heterocycles. The largest absolute Gasteiger partial charge is 0.457 e. The summed E-state index contributed by atoms with van der Waals surface area (Å²) < 4.78 is 11.2. The molecule has 0 radical (unpaired) electrons. The van der Waals surface area contributed by atoms with E-state index in [1.165, 1.54) is 0 Å². The van der Waals surface area contributed by atoms with E-state index in [9.17, 15) is 4.79 Å². The van der Waals surface area contributed by atoms with Crippen molar-refractivity contribution in [2.45, 2.75) is 6.61 Å². The molecule has 0 saturated heterocycles. The van der Waals surface area contributed by atoms with E-state index in [1.807, 2.05) is 60.7 Å². The molecule has 0 saturated carbocycles. The SMILES string of the molecule is N#Cc1ccc(C(=O)OCc2ccccc2Oc2ccccc2)cc1. The van der Waals surface area contributed by atoms with Crippen LogP contribution in [0.2, 0.25) is 0 Å². The first-order valence-electron chi connectivity index (χ1n) is 7.74. The zero-order valence-electron chi connectivity index (χ0n) is 13.4. The van der Waals surface area contributed by atoms with Crippen molar-refractivity contribution < 1.29 is 14.3 Å². The molecular weight excluding hydrogens is 314 g/mol. The van der Waals surface area contributed by atoms with Crippen LogP contribution in [0.15, 0.2) is 78.9 Å². The van der Waals surface area contributed by atoms with E-state index in [1.54, 1.807) is 24.3 Å². The van der Waals surface area contributed by atoms with Gasteiger partial charge in [-0.25, -0.2) is 4.79 Å². The molecular formula is C21H15NO3. The fourth-order valence-electron chi connectivity index (χ4n) is 2.25. The molecule has 4 nitrogen and oxygen atoms in total. The maximum Gasteiger partial charge on any atom is 0.338 e. The van der Waals surface area contributed by atoms with Crippen molar-refractivity contribution in [1.82, 2.24) is 0 Å². The Hall–Kier alpha value is -3.58. The van der Waals surface area contributed by atoms with E-state index < -0.39 is 5.97 Å². The molecule has 3 rings (SSSR count). The molecule has 0 spiro atoms. The highest BCUT2D eigenvalue weighted by Gasteiger charge is 2.10. The zero-order chi connectivity index (χ0) is 17.5. The average Bonchev–Trinajstić information content (AvgIpc) is 2.68. The average molecular weight is 329 g/mol. The van der Waals surface area contributed by atoms with Gasteiger partial charge in [0.25, 0.3) is 0 Å². The molecule has 0 aromatic heterocycles. The number of ether oxygens (including phenoxy) is 2. The monoisotopic (exact) mass is 329 g/mol. The van der Waals surface area contributed by atoms with Gasteiger partial charge in [-0.15, -0.1) is 0 Å². The van der Waals surface area contributed by atoms with Gasteiger partial charge in [0.05, 0.1) is 17.2 Å². The highest BCUT2D eigenvalue weighted by Crippen LogP contribution is 2.25. The summed E-state index contributed by atoms with van der Waals surface area (Å²) in [6.07, 6.45) is 0. The molecule has 122 valence electrons. The number of carbonyl (C=O) groups is 1. The Labute approximate surface area is 145 Å². The number of carbonyl (C=O) groups excluding carboxylic acids is 1. The van der Waals surface area contributed by atoms with E-state index in [2.05, 4.69) is 0 Å². The maximum atomic E-state index is 12.1. The van der Waals surface area contributed by atoms with Crippen LogP contribution in [0.1, 0.15) is 21.5 Å². The van der Waals surface area contributed by atoms with Crippen LogP contribution < -0.4 is 4.74 Å². The summed E-state index contributed by atoms with van der Waals surface area (Å²) >= 11 is 0. The van der Waals surface area contributed by atoms with E-state index in [0.29, 0.717) is 22.6 Å². The van der Waals surface area contributed by atoms with Crippen molar-refractivity contribution in [2.24, 2.45) is 0 Å². The van der Waals surface area contributed by atoms with Crippen molar-refractivity contribution in [3.8, 4) is 17.6 Å². The summed E-state index contributed by atoms with van der Waals surface area (Å²) in [5.41, 5.74) is 1.67. The maximum absolute atomic E-state index is 12.1. The van der Waals surface area contributed by atoms with E-state index >= 15 is 0 Å². The molecule has 0 amide bonds. The van der Waals surface area contributed by atoms with Crippen LogP contribution in [-0.4, -0.2) is 5.97 Å². The topological polar surface area (TPSA) is 59.3 Å². The molecule has 25 heavy (non-hydrogen) atoms. The lowest BCUT2D eigenvalue weighted by atomic mass is 10.1. The van der Waals surface area contributed by atoms with Gasteiger partial charge < -0.3 is 9.47 Å². The molecule has 0 fully saturated rings. The zero-order valence-corrected chi connectivity index (χ0v) is 13.4. The molecule has 0 unspecified atom stereocenters. The summed E-state index contributed by atoms with van der Waals surface area (Å²) in [7, 11) is 0. The minimum atomic E-state index is -0.445.